The number of nitrogens with one attached hydrogen (secondary N) is 1. The fourth-order valence-electron chi connectivity index (χ4n) is 1.97. The summed E-state index contributed by atoms with van der Waals surface area (Å²) in [7, 11) is 3.16. The Morgan fingerprint density at radius 3 is 2.17 bits per heavy atom. The molecule has 0 radical (unpaired) electrons. The molecule has 128 valence electrons. The van der Waals surface area contributed by atoms with Crippen LogP contribution in [0.5, 0.6) is 11.5 Å². The third kappa shape index (κ3) is 6.59. The number of nitrogens with zero attached hydrogens (tertiary/aromatic N) is 1. The summed E-state index contributed by atoms with van der Waals surface area (Å²) in [4.78, 5) is 25.5. The normalized spacial score (nSPS) is 12.3. The molecule has 0 saturated carbocycles. The fourth-order valence-corrected chi connectivity index (χ4v) is 1.97. The Morgan fingerprint density at radius 2 is 1.70 bits per heavy atom. The second-order valence-electron chi connectivity index (χ2n) is 6.43. The number of benzene rings is 1. The molecule has 0 saturated heterocycles. The molecule has 1 atom stereocenters. The van der Waals surface area contributed by atoms with Crippen LogP contribution in [-0.4, -0.2) is 49.1 Å². The van der Waals surface area contributed by atoms with E-state index in [0.29, 0.717) is 11.5 Å². The van der Waals surface area contributed by atoms with Crippen LogP contribution in [0.2, 0.25) is 0 Å². The van der Waals surface area contributed by atoms with E-state index in [1.54, 1.807) is 45.3 Å². The van der Waals surface area contributed by atoms with Gasteiger partial charge in [-0.25, -0.2) is 0 Å². The van der Waals surface area contributed by atoms with E-state index in [1.165, 1.54) is 4.90 Å². The molecule has 0 bridgehead atoms. The number of amides is 2. The Labute approximate surface area is 137 Å². The van der Waals surface area contributed by atoms with Crippen molar-refractivity contribution >= 4 is 11.8 Å². The predicted molar refractivity (Wildman–Crippen MR) is 88.6 cm³/mol. The average Bonchev–Trinajstić information content (AvgIpc) is 2.45. The van der Waals surface area contributed by atoms with Crippen molar-refractivity contribution in [2.45, 2.75) is 39.3 Å². The van der Waals surface area contributed by atoms with E-state index >= 15 is 0 Å². The van der Waals surface area contributed by atoms with Gasteiger partial charge in [0.15, 0.2) is 6.10 Å². The summed E-state index contributed by atoms with van der Waals surface area (Å²) in [5, 5.41) is 2.82. The monoisotopic (exact) mass is 322 g/mol. The highest BCUT2D eigenvalue weighted by Gasteiger charge is 2.22. The molecule has 0 aliphatic carbocycles. The zero-order valence-corrected chi connectivity index (χ0v) is 14.7. The smallest absolute Gasteiger partial charge is 0.263 e. The van der Waals surface area contributed by atoms with Crippen molar-refractivity contribution in [3.8, 4) is 11.5 Å². The molecule has 1 aromatic carbocycles. The minimum absolute atomic E-state index is 0.00752. The van der Waals surface area contributed by atoms with Gasteiger partial charge in [0.2, 0.25) is 5.91 Å². The first-order valence-corrected chi connectivity index (χ1v) is 7.49. The SMILES string of the molecule is COc1ccc(O[C@@H](C)C(=O)N(C)CC(=O)NC(C)(C)C)cc1. The van der Waals surface area contributed by atoms with E-state index in [2.05, 4.69) is 5.32 Å². The predicted octanol–water partition coefficient (Wildman–Crippen LogP) is 1.84. The maximum Gasteiger partial charge on any atom is 0.263 e. The van der Waals surface area contributed by atoms with Crippen LogP contribution >= 0.6 is 0 Å². The maximum atomic E-state index is 12.3. The second-order valence-corrected chi connectivity index (χ2v) is 6.43. The van der Waals surface area contributed by atoms with Gasteiger partial charge in [0.1, 0.15) is 11.5 Å². The molecule has 1 rings (SSSR count). The summed E-state index contributed by atoms with van der Waals surface area (Å²) in [6.45, 7) is 7.32. The van der Waals surface area contributed by atoms with Crippen LogP contribution in [0.1, 0.15) is 27.7 Å². The lowest BCUT2D eigenvalue weighted by molar-refractivity contribution is -0.140. The largest absolute Gasteiger partial charge is 0.497 e. The number of rotatable bonds is 6. The van der Waals surface area contributed by atoms with E-state index < -0.39 is 6.10 Å². The first-order valence-electron chi connectivity index (χ1n) is 7.49. The minimum atomic E-state index is -0.684. The number of hydrogen-bond donors (Lipinski definition) is 1. The van der Waals surface area contributed by atoms with Crippen molar-refractivity contribution in [3.63, 3.8) is 0 Å². The third-order valence-corrected chi connectivity index (χ3v) is 2.99. The summed E-state index contributed by atoms with van der Waals surface area (Å²) in [6, 6.07) is 6.98. The zero-order valence-electron chi connectivity index (χ0n) is 14.7. The summed E-state index contributed by atoms with van der Waals surface area (Å²) in [6.07, 6.45) is -0.684. The average molecular weight is 322 g/mol. The molecular formula is C17H26N2O4. The standard InChI is InChI=1S/C17H26N2O4/c1-12(23-14-9-7-13(22-6)8-10-14)16(21)19(5)11-15(20)18-17(2,3)4/h7-10,12H,11H2,1-6H3,(H,18,20)/t12-/m0/s1. The van der Waals surface area contributed by atoms with Gasteiger partial charge in [-0.2, -0.15) is 0 Å². The summed E-state index contributed by atoms with van der Waals surface area (Å²) in [5.41, 5.74) is -0.327. The lowest BCUT2D eigenvalue weighted by atomic mass is 10.1. The number of methoxy groups -OCH3 is 1. The third-order valence-electron chi connectivity index (χ3n) is 2.99. The van der Waals surface area contributed by atoms with E-state index in [0.717, 1.165) is 0 Å². The Balaban J connectivity index is 2.55. The Kier molecular flexibility index (Phi) is 6.42. The van der Waals surface area contributed by atoms with E-state index in [4.69, 9.17) is 9.47 Å². The van der Waals surface area contributed by atoms with Gasteiger partial charge in [0, 0.05) is 12.6 Å². The lowest BCUT2D eigenvalue weighted by Gasteiger charge is -2.25. The van der Waals surface area contributed by atoms with Crippen LogP contribution in [0.3, 0.4) is 0 Å². The van der Waals surface area contributed by atoms with Gasteiger partial charge in [-0.05, 0) is 52.0 Å². The number of likely N-dealkylation sites (N-methyl/N-ethyl adjacent to an activating group) is 1. The molecule has 1 aromatic rings. The Hall–Kier alpha value is -2.24. The molecule has 1 N–H and O–H groups in total. The van der Waals surface area contributed by atoms with Crippen molar-refractivity contribution < 1.29 is 19.1 Å². The summed E-state index contributed by atoms with van der Waals surface area (Å²) in [5.74, 6) is 0.821. The molecule has 0 aliphatic rings. The van der Waals surface area contributed by atoms with Gasteiger partial charge in [-0.3, -0.25) is 9.59 Å². The van der Waals surface area contributed by atoms with Crippen molar-refractivity contribution in [3.05, 3.63) is 24.3 Å². The molecule has 0 fully saturated rings. The van der Waals surface area contributed by atoms with Crippen LogP contribution in [0, 0.1) is 0 Å². The summed E-state index contributed by atoms with van der Waals surface area (Å²) >= 11 is 0. The van der Waals surface area contributed by atoms with Crippen molar-refractivity contribution in [1.29, 1.82) is 0 Å². The Bertz CT molecular complexity index is 535. The number of carbonyl (C=O) groups is 2. The highest BCUT2D eigenvalue weighted by Crippen LogP contribution is 2.18. The molecule has 0 spiro atoms. The molecule has 6 heteroatoms. The highest BCUT2D eigenvalue weighted by atomic mass is 16.5. The Morgan fingerprint density at radius 1 is 1.17 bits per heavy atom. The second kappa shape index (κ2) is 7.85. The topological polar surface area (TPSA) is 67.9 Å². The minimum Gasteiger partial charge on any atom is -0.497 e. The van der Waals surface area contributed by atoms with E-state index in [1.807, 2.05) is 20.8 Å². The van der Waals surface area contributed by atoms with Gasteiger partial charge in [-0.1, -0.05) is 0 Å². The number of hydrogen-bond acceptors (Lipinski definition) is 4. The highest BCUT2D eigenvalue weighted by molar-refractivity contribution is 5.87. The molecule has 0 aliphatic heterocycles. The number of ether oxygens (including phenoxy) is 2. The first-order chi connectivity index (χ1) is 10.6. The van der Waals surface area contributed by atoms with Crippen LogP contribution in [-0.2, 0) is 9.59 Å². The molecule has 0 heterocycles. The molecule has 0 unspecified atom stereocenters. The molecule has 23 heavy (non-hydrogen) atoms. The van der Waals surface area contributed by atoms with Crippen molar-refractivity contribution in [2.24, 2.45) is 0 Å². The van der Waals surface area contributed by atoms with Gasteiger partial charge >= 0.3 is 0 Å². The van der Waals surface area contributed by atoms with Crippen molar-refractivity contribution in [2.75, 3.05) is 20.7 Å². The zero-order chi connectivity index (χ0) is 17.6. The summed E-state index contributed by atoms with van der Waals surface area (Å²) < 4.78 is 10.7. The van der Waals surface area contributed by atoms with Gasteiger partial charge in [0.25, 0.3) is 5.91 Å². The first kappa shape index (κ1) is 18.8. The lowest BCUT2D eigenvalue weighted by Crippen LogP contribution is -2.48. The van der Waals surface area contributed by atoms with Crippen LogP contribution in [0.25, 0.3) is 0 Å². The van der Waals surface area contributed by atoms with E-state index in [-0.39, 0.29) is 23.9 Å². The number of carbonyl (C=O) groups excluding carboxylic acids is 2. The van der Waals surface area contributed by atoms with E-state index in [9.17, 15) is 9.59 Å². The molecular weight excluding hydrogens is 296 g/mol. The quantitative estimate of drug-likeness (QED) is 0.868. The van der Waals surface area contributed by atoms with Gasteiger partial charge in [-0.15, -0.1) is 0 Å². The van der Waals surface area contributed by atoms with Gasteiger partial charge < -0.3 is 19.7 Å². The maximum absolute atomic E-state index is 12.3. The molecule has 0 aromatic heterocycles. The molecule has 6 nitrogen and oxygen atoms in total. The van der Waals surface area contributed by atoms with Crippen LogP contribution < -0.4 is 14.8 Å². The van der Waals surface area contributed by atoms with Gasteiger partial charge in [0.05, 0.1) is 13.7 Å². The van der Waals surface area contributed by atoms with Crippen LogP contribution in [0.15, 0.2) is 24.3 Å². The fraction of sp³-hybridized carbons (Fsp3) is 0.529. The molecule has 2 amide bonds. The van der Waals surface area contributed by atoms with Crippen LogP contribution in [0.4, 0.5) is 0 Å². The van der Waals surface area contributed by atoms with Crippen molar-refractivity contribution in [1.82, 2.24) is 10.2 Å².